The lowest BCUT2D eigenvalue weighted by molar-refractivity contribution is -0.136. The number of imidazole rings is 1. The molecule has 0 fully saturated rings. The molecule has 0 saturated carbocycles. The first-order valence-electron chi connectivity index (χ1n) is 4.20. The number of carboxylic acid groups (broad SMARTS) is 1. The first kappa shape index (κ1) is 9.97. The lowest BCUT2D eigenvalue weighted by Crippen LogP contribution is -1.99. The molecule has 3 N–H and O–H groups in total. The molecule has 0 saturated heterocycles. The van der Waals surface area contributed by atoms with Crippen molar-refractivity contribution >= 4 is 33.2 Å². The molecule has 2 aromatic rings. The minimum atomic E-state index is -0.900. The fourth-order valence-electron chi connectivity index (χ4n) is 1.37. The molecule has 0 aliphatic carbocycles. The van der Waals surface area contributed by atoms with Crippen LogP contribution in [0.5, 0.6) is 0 Å². The molecule has 2 rings (SSSR count). The second kappa shape index (κ2) is 3.54. The summed E-state index contributed by atoms with van der Waals surface area (Å²) in [5, 5.41) is 8.63. The predicted molar refractivity (Wildman–Crippen MR) is 58.6 cm³/mol. The number of aromatic nitrogens is 2. The van der Waals surface area contributed by atoms with Crippen molar-refractivity contribution in [3.8, 4) is 0 Å². The molecule has 0 aliphatic heterocycles. The minimum Gasteiger partial charge on any atom is -0.481 e. The quantitative estimate of drug-likeness (QED) is 0.862. The SMILES string of the molecule is Nc1cc(Br)c2nc(CC(=O)O)cn2c1. The third-order valence-corrected chi connectivity index (χ3v) is 2.49. The van der Waals surface area contributed by atoms with Crippen LogP contribution in [-0.4, -0.2) is 20.5 Å². The van der Waals surface area contributed by atoms with E-state index in [4.69, 9.17) is 10.8 Å². The molecule has 0 bridgehead atoms. The Bertz CT molecular complexity index is 535. The maximum atomic E-state index is 10.5. The maximum Gasteiger partial charge on any atom is 0.309 e. The molecule has 0 spiro atoms. The van der Waals surface area contributed by atoms with Gasteiger partial charge in [0.2, 0.25) is 0 Å². The summed E-state index contributed by atoms with van der Waals surface area (Å²) in [5.41, 5.74) is 7.41. The van der Waals surface area contributed by atoms with Crippen LogP contribution in [-0.2, 0) is 11.2 Å². The fraction of sp³-hybridized carbons (Fsp3) is 0.111. The summed E-state index contributed by atoms with van der Waals surface area (Å²) in [6.07, 6.45) is 3.26. The standard InChI is InChI=1S/C9H8BrN3O2/c10-7-1-5(11)3-13-4-6(2-8(14)15)12-9(7)13/h1,3-4H,2,11H2,(H,14,15). The fourth-order valence-corrected chi connectivity index (χ4v) is 1.93. The van der Waals surface area contributed by atoms with Gasteiger partial charge in [0.05, 0.1) is 16.6 Å². The van der Waals surface area contributed by atoms with E-state index in [0.717, 1.165) is 4.47 Å². The van der Waals surface area contributed by atoms with E-state index in [-0.39, 0.29) is 6.42 Å². The van der Waals surface area contributed by atoms with Crippen molar-refractivity contribution in [2.24, 2.45) is 0 Å². The normalized spacial score (nSPS) is 10.7. The van der Waals surface area contributed by atoms with E-state index in [2.05, 4.69) is 20.9 Å². The number of carbonyl (C=O) groups is 1. The highest BCUT2D eigenvalue weighted by Crippen LogP contribution is 2.20. The van der Waals surface area contributed by atoms with E-state index in [0.29, 0.717) is 17.0 Å². The van der Waals surface area contributed by atoms with Crippen LogP contribution in [0.2, 0.25) is 0 Å². The zero-order valence-electron chi connectivity index (χ0n) is 7.64. The van der Waals surface area contributed by atoms with Crippen LogP contribution in [0.4, 0.5) is 5.69 Å². The molecule has 0 aromatic carbocycles. The van der Waals surface area contributed by atoms with Gasteiger partial charge in [-0.1, -0.05) is 0 Å². The van der Waals surface area contributed by atoms with Gasteiger partial charge < -0.3 is 15.2 Å². The number of rotatable bonds is 2. The second-order valence-corrected chi connectivity index (χ2v) is 4.01. The van der Waals surface area contributed by atoms with Gasteiger partial charge in [-0.3, -0.25) is 4.79 Å². The van der Waals surface area contributed by atoms with Gasteiger partial charge in [-0.25, -0.2) is 4.98 Å². The summed E-state index contributed by atoms with van der Waals surface area (Å²) in [6.45, 7) is 0. The van der Waals surface area contributed by atoms with Crippen LogP contribution in [0.3, 0.4) is 0 Å². The summed E-state index contributed by atoms with van der Waals surface area (Å²) in [6, 6.07) is 1.73. The summed E-state index contributed by atoms with van der Waals surface area (Å²) < 4.78 is 2.46. The molecular weight excluding hydrogens is 262 g/mol. The number of fused-ring (bicyclic) bond motifs is 1. The molecule has 78 valence electrons. The number of hydrogen-bond donors (Lipinski definition) is 2. The van der Waals surface area contributed by atoms with E-state index >= 15 is 0 Å². The van der Waals surface area contributed by atoms with Gasteiger partial charge in [0, 0.05) is 18.1 Å². The minimum absolute atomic E-state index is 0.0893. The van der Waals surface area contributed by atoms with Crippen molar-refractivity contribution in [2.75, 3.05) is 5.73 Å². The number of anilines is 1. The highest BCUT2D eigenvalue weighted by atomic mass is 79.9. The summed E-state index contributed by atoms with van der Waals surface area (Å²) >= 11 is 3.32. The van der Waals surface area contributed by atoms with Crippen molar-refractivity contribution in [3.63, 3.8) is 0 Å². The molecule has 0 unspecified atom stereocenters. The maximum absolute atomic E-state index is 10.5. The number of pyridine rings is 1. The van der Waals surface area contributed by atoms with Gasteiger partial charge >= 0.3 is 5.97 Å². The average molecular weight is 270 g/mol. The van der Waals surface area contributed by atoms with Gasteiger partial charge in [-0.15, -0.1) is 0 Å². The smallest absolute Gasteiger partial charge is 0.309 e. The molecule has 2 heterocycles. The predicted octanol–water partition coefficient (Wildman–Crippen LogP) is 1.31. The Hall–Kier alpha value is -1.56. The van der Waals surface area contributed by atoms with E-state index in [1.54, 1.807) is 22.9 Å². The lowest BCUT2D eigenvalue weighted by atomic mass is 10.3. The van der Waals surface area contributed by atoms with E-state index in [1.807, 2.05) is 0 Å². The Morgan fingerprint density at radius 1 is 1.60 bits per heavy atom. The monoisotopic (exact) mass is 269 g/mol. The molecular formula is C9H8BrN3O2. The number of aliphatic carboxylic acids is 1. The number of hydrogen-bond acceptors (Lipinski definition) is 3. The third kappa shape index (κ3) is 1.94. The van der Waals surface area contributed by atoms with E-state index in [1.165, 1.54) is 0 Å². The van der Waals surface area contributed by atoms with Gasteiger partial charge in [0.15, 0.2) is 5.65 Å². The average Bonchev–Trinajstić information content (AvgIpc) is 2.45. The Morgan fingerprint density at radius 3 is 3.00 bits per heavy atom. The van der Waals surface area contributed by atoms with Crippen molar-refractivity contribution in [2.45, 2.75) is 6.42 Å². The van der Waals surface area contributed by atoms with Crippen LogP contribution in [0.15, 0.2) is 22.9 Å². The zero-order valence-corrected chi connectivity index (χ0v) is 9.23. The van der Waals surface area contributed by atoms with Gasteiger partial charge in [0.25, 0.3) is 0 Å². The topological polar surface area (TPSA) is 80.6 Å². The molecule has 6 heteroatoms. The van der Waals surface area contributed by atoms with Crippen molar-refractivity contribution < 1.29 is 9.90 Å². The van der Waals surface area contributed by atoms with Gasteiger partial charge in [-0.2, -0.15) is 0 Å². The second-order valence-electron chi connectivity index (χ2n) is 3.16. The Labute approximate surface area is 93.7 Å². The van der Waals surface area contributed by atoms with Gasteiger partial charge in [-0.05, 0) is 22.0 Å². The van der Waals surface area contributed by atoms with Crippen molar-refractivity contribution in [1.82, 2.24) is 9.38 Å². The summed E-state index contributed by atoms with van der Waals surface area (Å²) in [5.74, 6) is -0.900. The number of halogens is 1. The molecule has 0 radical (unpaired) electrons. The Kier molecular flexibility index (Phi) is 2.36. The first-order valence-corrected chi connectivity index (χ1v) is 5.00. The highest BCUT2D eigenvalue weighted by molar-refractivity contribution is 9.10. The number of carboxylic acids is 1. The third-order valence-electron chi connectivity index (χ3n) is 1.91. The molecule has 0 amide bonds. The van der Waals surface area contributed by atoms with E-state index in [9.17, 15) is 4.79 Å². The molecule has 0 atom stereocenters. The highest BCUT2D eigenvalue weighted by Gasteiger charge is 2.08. The van der Waals surface area contributed by atoms with Crippen LogP contribution < -0.4 is 5.73 Å². The number of nitrogens with zero attached hydrogens (tertiary/aromatic N) is 2. The zero-order chi connectivity index (χ0) is 11.0. The molecule has 0 aliphatic rings. The Morgan fingerprint density at radius 2 is 2.33 bits per heavy atom. The number of nitrogens with two attached hydrogens (primary N) is 1. The van der Waals surface area contributed by atoms with Gasteiger partial charge in [0.1, 0.15) is 0 Å². The summed E-state index contributed by atoms with van der Waals surface area (Å²) in [7, 11) is 0. The number of nitrogen functional groups attached to an aromatic ring is 1. The summed E-state index contributed by atoms with van der Waals surface area (Å²) in [4.78, 5) is 14.7. The molecule has 15 heavy (non-hydrogen) atoms. The largest absolute Gasteiger partial charge is 0.481 e. The van der Waals surface area contributed by atoms with Crippen LogP contribution >= 0.6 is 15.9 Å². The molecule has 5 nitrogen and oxygen atoms in total. The van der Waals surface area contributed by atoms with Crippen LogP contribution in [0, 0.1) is 0 Å². The van der Waals surface area contributed by atoms with Crippen molar-refractivity contribution in [3.05, 3.63) is 28.6 Å². The lowest BCUT2D eigenvalue weighted by Gasteiger charge is -1.97. The van der Waals surface area contributed by atoms with E-state index < -0.39 is 5.97 Å². The van der Waals surface area contributed by atoms with Crippen LogP contribution in [0.25, 0.3) is 5.65 Å². The Balaban J connectivity index is 2.55. The van der Waals surface area contributed by atoms with Crippen LogP contribution in [0.1, 0.15) is 5.69 Å². The molecule has 2 aromatic heterocycles. The van der Waals surface area contributed by atoms with Crippen molar-refractivity contribution in [1.29, 1.82) is 0 Å². The first-order chi connectivity index (χ1) is 7.06.